The van der Waals surface area contributed by atoms with Crippen LogP contribution in [0, 0.1) is 18.2 Å². The third kappa shape index (κ3) is 4.05. The molecule has 0 atom stereocenters. The molecule has 0 radical (unpaired) electrons. The number of aryl methyl sites for hydroxylation is 1. The minimum absolute atomic E-state index is 0.00204. The molecule has 5 nitrogen and oxygen atoms in total. The highest BCUT2D eigenvalue weighted by Gasteiger charge is 2.37. The van der Waals surface area contributed by atoms with Crippen LogP contribution in [0.5, 0.6) is 0 Å². The van der Waals surface area contributed by atoms with Gasteiger partial charge in [0.1, 0.15) is 5.82 Å². The Morgan fingerprint density at radius 2 is 2.08 bits per heavy atom. The van der Waals surface area contributed by atoms with Crippen LogP contribution in [0.2, 0.25) is 0 Å². The summed E-state index contributed by atoms with van der Waals surface area (Å²) in [7, 11) is 0. The predicted molar refractivity (Wildman–Crippen MR) is 88.3 cm³/mol. The molecular formula is C18H25FN2O3. The highest BCUT2D eigenvalue weighted by atomic mass is 19.1. The lowest BCUT2D eigenvalue weighted by atomic mass is 9.80. The first-order valence-corrected chi connectivity index (χ1v) is 8.51. The zero-order chi connectivity index (χ0) is 17.0. The molecule has 1 N–H and O–H groups in total. The Bertz CT molecular complexity index is 588. The van der Waals surface area contributed by atoms with Crippen molar-refractivity contribution in [1.29, 1.82) is 0 Å². The van der Waals surface area contributed by atoms with Crippen molar-refractivity contribution >= 4 is 6.03 Å². The van der Waals surface area contributed by atoms with Crippen LogP contribution in [0.3, 0.4) is 0 Å². The summed E-state index contributed by atoms with van der Waals surface area (Å²) < 4.78 is 24.8. The van der Waals surface area contributed by atoms with E-state index >= 15 is 0 Å². The van der Waals surface area contributed by atoms with Gasteiger partial charge in [-0.05, 0) is 37.0 Å². The van der Waals surface area contributed by atoms with Gasteiger partial charge in [0.25, 0.3) is 0 Å². The SMILES string of the molecule is Cc1ccc(CNC(=O)N2CCOCC3(CCOCC3)C2)cc1F. The maximum absolute atomic E-state index is 13.6. The Morgan fingerprint density at radius 1 is 1.29 bits per heavy atom. The highest BCUT2D eigenvalue weighted by Crippen LogP contribution is 2.33. The summed E-state index contributed by atoms with van der Waals surface area (Å²) in [4.78, 5) is 14.4. The van der Waals surface area contributed by atoms with E-state index in [0.29, 0.717) is 38.4 Å². The fraction of sp³-hybridized carbons (Fsp3) is 0.611. The Hall–Kier alpha value is -1.66. The summed E-state index contributed by atoms with van der Waals surface area (Å²) in [6.45, 7) is 5.99. The molecule has 2 saturated heterocycles. The van der Waals surface area contributed by atoms with Gasteiger partial charge in [0.2, 0.25) is 0 Å². The Kier molecular flexibility index (Phi) is 5.36. The number of nitrogens with zero attached hydrogens (tertiary/aromatic N) is 1. The number of ether oxygens (including phenoxy) is 2. The van der Waals surface area contributed by atoms with Crippen LogP contribution in [0.4, 0.5) is 9.18 Å². The Labute approximate surface area is 142 Å². The van der Waals surface area contributed by atoms with Crippen LogP contribution in [0.1, 0.15) is 24.0 Å². The minimum atomic E-state index is -0.244. The lowest BCUT2D eigenvalue weighted by molar-refractivity contribution is -0.0295. The molecule has 0 bridgehead atoms. The first kappa shape index (κ1) is 17.2. The van der Waals surface area contributed by atoms with Crippen molar-refractivity contribution in [3.8, 4) is 0 Å². The van der Waals surface area contributed by atoms with Gasteiger partial charge in [-0.1, -0.05) is 12.1 Å². The second-order valence-electron chi connectivity index (χ2n) is 6.83. The maximum Gasteiger partial charge on any atom is 0.317 e. The third-order valence-corrected chi connectivity index (χ3v) is 4.96. The molecule has 2 fully saturated rings. The first-order chi connectivity index (χ1) is 11.6. The van der Waals surface area contributed by atoms with Gasteiger partial charge >= 0.3 is 6.03 Å². The van der Waals surface area contributed by atoms with Crippen molar-refractivity contribution in [2.45, 2.75) is 26.3 Å². The Morgan fingerprint density at radius 3 is 2.83 bits per heavy atom. The second-order valence-corrected chi connectivity index (χ2v) is 6.83. The molecule has 3 rings (SSSR count). The summed E-state index contributed by atoms with van der Waals surface area (Å²) >= 11 is 0. The quantitative estimate of drug-likeness (QED) is 0.903. The molecule has 2 aliphatic rings. The van der Waals surface area contributed by atoms with Gasteiger partial charge in [-0.25, -0.2) is 9.18 Å². The highest BCUT2D eigenvalue weighted by molar-refractivity contribution is 5.74. The molecular weight excluding hydrogens is 311 g/mol. The normalized spacial score (nSPS) is 20.7. The van der Waals surface area contributed by atoms with E-state index in [1.807, 2.05) is 11.0 Å². The smallest absolute Gasteiger partial charge is 0.317 e. The molecule has 1 aromatic rings. The molecule has 0 unspecified atom stereocenters. The van der Waals surface area contributed by atoms with Crippen LogP contribution in [0.25, 0.3) is 0 Å². The number of urea groups is 1. The molecule has 2 heterocycles. The van der Waals surface area contributed by atoms with Crippen molar-refractivity contribution in [3.05, 3.63) is 35.1 Å². The average molecular weight is 336 g/mol. The van der Waals surface area contributed by atoms with Crippen molar-refractivity contribution < 1.29 is 18.7 Å². The number of hydrogen-bond donors (Lipinski definition) is 1. The topological polar surface area (TPSA) is 50.8 Å². The van der Waals surface area contributed by atoms with E-state index in [0.717, 1.165) is 31.6 Å². The van der Waals surface area contributed by atoms with E-state index in [1.165, 1.54) is 6.07 Å². The average Bonchev–Trinajstić information content (AvgIpc) is 2.79. The maximum atomic E-state index is 13.6. The fourth-order valence-electron chi connectivity index (χ4n) is 3.31. The lowest BCUT2D eigenvalue weighted by Crippen LogP contribution is -2.47. The van der Waals surface area contributed by atoms with E-state index in [-0.39, 0.29) is 17.3 Å². The molecule has 0 aliphatic carbocycles. The van der Waals surface area contributed by atoms with E-state index < -0.39 is 0 Å². The standard InChI is InChI=1S/C18H25FN2O3/c1-14-2-3-15(10-16(14)19)11-20-17(22)21-6-9-24-13-18(12-21)4-7-23-8-5-18/h2-3,10H,4-9,11-13H2,1H3,(H,20,22). The molecule has 2 aliphatic heterocycles. The summed E-state index contributed by atoms with van der Waals surface area (Å²) in [5.74, 6) is -0.244. The van der Waals surface area contributed by atoms with Gasteiger partial charge in [-0.3, -0.25) is 0 Å². The molecule has 0 aromatic heterocycles. The largest absolute Gasteiger partial charge is 0.381 e. The zero-order valence-electron chi connectivity index (χ0n) is 14.1. The number of hydrogen-bond acceptors (Lipinski definition) is 3. The molecule has 0 saturated carbocycles. The number of halogens is 1. The van der Waals surface area contributed by atoms with E-state index in [9.17, 15) is 9.18 Å². The molecule has 6 heteroatoms. The number of nitrogens with one attached hydrogen (secondary N) is 1. The minimum Gasteiger partial charge on any atom is -0.381 e. The summed E-state index contributed by atoms with van der Waals surface area (Å²) in [6, 6.07) is 4.92. The number of rotatable bonds is 2. The van der Waals surface area contributed by atoms with Crippen LogP contribution in [-0.4, -0.2) is 50.4 Å². The predicted octanol–water partition coefficient (Wildman–Crippen LogP) is 2.47. The van der Waals surface area contributed by atoms with Crippen LogP contribution >= 0.6 is 0 Å². The Balaban J connectivity index is 1.59. The number of carbonyl (C=O) groups is 1. The summed E-state index contributed by atoms with van der Waals surface area (Å²) in [5.41, 5.74) is 1.37. The monoisotopic (exact) mass is 336 g/mol. The second kappa shape index (κ2) is 7.49. The van der Waals surface area contributed by atoms with Gasteiger partial charge in [-0.2, -0.15) is 0 Å². The van der Waals surface area contributed by atoms with Crippen molar-refractivity contribution in [2.24, 2.45) is 5.41 Å². The first-order valence-electron chi connectivity index (χ1n) is 8.51. The zero-order valence-corrected chi connectivity index (χ0v) is 14.1. The van der Waals surface area contributed by atoms with Crippen LogP contribution in [-0.2, 0) is 16.0 Å². The molecule has 132 valence electrons. The van der Waals surface area contributed by atoms with E-state index in [1.54, 1.807) is 13.0 Å². The number of carbonyl (C=O) groups excluding carboxylic acids is 1. The summed E-state index contributed by atoms with van der Waals surface area (Å²) in [6.07, 6.45) is 1.83. The third-order valence-electron chi connectivity index (χ3n) is 4.96. The molecule has 1 spiro atoms. The van der Waals surface area contributed by atoms with E-state index in [2.05, 4.69) is 5.32 Å². The van der Waals surface area contributed by atoms with E-state index in [4.69, 9.17) is 9.47 Å². The fourth-order valence-corrected chi connectivity index (χ4v) is 3.31. The number of amides is 2. The van der Waals surface area contributed by atoms with Crippen molar-refractivity contribution in [1.82, 2.24) is 10.2 Å². The van der Waals surface area contributed by atoms with Crippen molar-refractivity contribution in [3.63, 3.8) is 0 Å². The lowest BCUT2D eigenvalue weighted by Gasteiger charge is -2.38. The number of benzene rings is 1. The van der Waals surface area contributed by atoms with Gasteiger partial charge in [-0.15, -0.1) is 0 Å². The molecule has 1 aromatic carbocycles. The van der Waals surface area contributed by atoms with Gasteiger partial charge < -0.3 is 19.7 Å². The molecule has 2 amide bonds. The van der Waals surface area contributed by atoms with Gasteiger partial charge in [0, 0.05) is 38.3 Å². The van der Waals surface area contributed by atoms with Gasteiger partial charge in [0.15, 0.2) is 0 Å². The van der Waals surface area contributed by atoms with Gasteiger partial charge in [0.05, 0.1) is 13.2 Å². The van der Waals surface area contributed by atoms with Crippen LogP contribution < -0.4 is 5.32 Å². The molecule has 24 heavy (non-hydrogen) atoms. The van der Waals surface area contributed by atoms with Crippen molar-refractivity contribution in [2.75, 3.05) is 39.5 Å². The van der Waals surface area contributed by atoms with Crippen LogP contribution in [0.15, 0.2) is 18.2 Å². The summed E-state index contributed by atoms with van der Waals surface area (Å²) in [5, 5.41) is 2.90.